The van der Waals surface area contributed by atoms with Gasteiger partial charge in [0.05, 0.1) is 13.2 Å². The van der Waals surface area contributed by atoms with E-state index in [0.29, 0.717) is 24.5 Å². The molecule has 0 unspecified atom stereocenters. The molecule has 5 nitrogen and oxygen atoms in total. The average Bonchev–Trinajstić information content (AvgIpc) is 2.84. The Labute approximate surface area is 198 Å². The number of ketones is 1. The van der Waals surface area contributed by atoms with E-state index in [4.69, 9.17) is 9.47 Å². The number of halogens is 2. The van der Waals surface area contributed by atoms with Crippen LogP contribution in [0.1, 0.15) is 17.7 Å². The zero-order chi connectivity index (χ0) is 23.8. The number of hydrogen-bond acceptors (Lipinski definition) is 5. The predicted molar refractivity (Wildman–Crippen MR) is 126 cm³/mol. The Balaban J connectivity index is 1.25. The zero-order valence-corrected chi connectivity index (χ0v) is 19.0. The second-order valence-electron chi connectivity index (χ2n) is 8.36. The first kappa shape index (κ1) is 24.0. The number of hydrogen-bond donors (Lipinski definition) is 0. The highest BCUT2D eigenvalue weighted by atomic mass is 19.1. The van der Waals surface area contributed by atoms with Crippen LogP contribution in [0.3, 0.4) is 0 Å². The summed E-state index contributed by atoms with van der Waals surface area (Å²) in [7, 11) is 0. The number of morpholine rings is 1. The van der Waals surface area contributed by atoms with E-state index in [1.165, 1.54) is 24.3 Å². The standard InChI is InChI=1S/C27H28F2N2O3/c28-23-5-2-21(3-6-23)22-4-7-25(30-19-22)18-26(32)8-1-20-15-24(29)17-27(16-20)34-14-11-31-9-12-33-13-10-31/h2-7,15-17,19H,1,8-14,18H2. The number of aryl methyl sites for hydroxylation is 1. The van der Waals surface area contributed by atoms with Crippen molar-refractivity contribution in [3.8, 4) is 16.9 Å². The van der Waals surface area contributed by atoms with Gasteiger partial charge in [0.25, 0.3) is 0 Å². The van der Waals surface area contributed by atoms with E-state index in [1.54, 1.807) is 30.5 Å². The molecule has 1 aromatic heterocycles. The van der Waals surface area contributed by atoms with E-state index in [2.05, 4.69) is 9.88 Å². The molecular weight excluding hydrogens is 438 g/mol. The minimum atomic E-state index is -0.371. The third-order valence-corrected chi connectivity index (χ3v) is 5.78. The third-order valence-electron chi connectivity index (χ3n) is 5.78. The Morgan fingerprint density at radius 1 is 0.971 bits per heavy atom. The van der Waals surface area contributed by atoms with Crippen LogP contribution in [0.4, 0.5) is 8.78 Å². The second-order valence-corrected chi connectivity index (χ2v) is 8.36. The summed E-state index contributed by atoms with van der Waals surface area (Å²) in [5, 5.41) is 0. The average molecular weight is 467 g/mol. The number of carbonyl (C=O) groups excluding carboxylic acids is 1. The van der Waals surface area contributed by atoms with Gasteiger partial charge in [0.1, 0.15) is 29.8 Å². The third kappa shape index (κ3) is 7.17. The topological polar surface area (TPSA) is 51.7 Å². The number of benzene rings is 2. The molecule has 0 saturated carbocycles. The molecule has 3 aromatic rings. The quantitative estimate of drug-likeness (QED) is 0.441. The van der Waals surface area contributed by atoms with E-state index >= 15 is 0 Å². The summed E-state index contributed by atoms with van der Waals surface area (Å²) < 4.78 is 38.2. The number of pyridine rings is 1. The largest absolute Gasteiger partial charge is 0.492 e. The highest BCUT2D eigenvalue weighted by Crippen LogP contribution is 2.20. The van der Waals surface area contributed by atoms with Gasteiger partial charge in [-0.25, -0.2) is 8.78 Å². The molecule has 0 radical (unpaired) electrons. The number of nitrogens with zero attached hydrogens (tertiary/aromatic N) is 2. The van der Waals surface area contributed by atoms with Gasteiger partial charge in [-0.1, -0.05) is 18.2 Å². The predicted octanol–water partition coefficient (Wildman–Crippen LogP) is 4.48. The van der Waals surface area contributed by atoms with Crippen LogP contribution >= 0.6 is 0 Å². The SMILES string of the molecule is O=C(CCc1cc(F)cc(OCCN2CCOCC2)c1)Cc1ccc(-c2ccc(F)cc2)cn1. The minimum absolute atomic E-state index is 0.0288. The molecule has 1 aliphatic heterocycles. The lowest BCUT2D eigenvalue weighted by Gasteiger charge is -2.26. The maximum Gasteiger partial charge on any atom is 0.139 e. The van der Waals surface area contributed by atoms with Gasteiger partial charge in [0, 0.05) is 56.0 Å². The molecule has 0 aliphatic carbocycles. The number of carbonyl (C=O) groups is 1. The summed E-state index contributed by atoms with van der Waals surface area (Å²) in [6.45, 7) is 4.45. The monoisotopic (exact) mass is 466 g/mol. The van der Waals surface area contributed by atoms with Crippen LogP contribution in [0.15, 0.2) is 60.8 Å². The van der Waals surface area contributed by atoms with Crippen molar-refractivity contribution in [1.29, 1.82) is 0 Å². The van der Waals surface area contributed by atoms with Crippen molar-refractivity contribution < 1.29 is 23.0 Å². The van der Waals surface area contributed by atoms with E-state index in [-0.39, 0.29) is 30.3 Å². The molecule has 1 saturated heterocycles. The normalized spacial score (nSPS) is 14.2. The van der Waals surface area contributed by atoms with Crippen LogP contribution < -0.4 is 4.74 Å². The minimum Gasteiger partial charge on any atom is -0.492 e. The van der Waals surface area contributed by atoms with Crippen LogP contribution in [0.5, 0.6) is 5.75 Å². The van der Waals surface area contributed by atoms with Gasteiger partial charge in [-0.15, -0.1) is 0 Å². The van der Waals surface area contributed by atoms with E-state index < -0.39 is 0 Å². The fraction of sp³-hybridized carbons (Fsp3) is 0.333. The highest BCUT2D eigenvalue weighted by Gasteiger charge is 2.11. The summed E-state index contributed by atoms with van der Waals surface area (Å²) in [5.41, 5.74) is 3.12. The Morgan fingerprint density at radius 3 is 2.47 bits per heavy atom. The van der Waals surface area contributed by atoms with Crippen molar-refractivity contribution in [3.63, 3.8) is 0 Å². The molecule has 7 heteroatoms. The Morgan fingerprint density at radius 2 is 1.74 bits per heavy atom. The summed E-state index contributed by atoms with van der Waals surface area (Å²) >= 11 is 0. The fourth-order valence-corrected chi connectivity index (χ4v) is 3.88. The van der Waals surface area contributed by atoms with Crippen LogP contribution in [-0.4, -0.2) is 55.1 Å². The molecule has 0 amide bonds. The number of ether oxygens (including phenoxy) is 2. The second kappa shape index (κ2) is 11.8. The lowest BCUT2D eigenvalue weighted by atomic mass is 10.0. The van der Waals surface area contributed by atoms with E-state index in [1.807, 2.05) is 6.07 Å². The first-order chi connectivity index (χ1) is 16.5. The highest BCUT2D eigenvalue weighted by molar-refractivity contribution is 5.80. The summed E-state index contributed by atoms with van der Waals surface area (Å²) in [5.74, 6) is -0.150. The molecule has 34 heavy (non-hydrogen) atoms. The van der Waals surface area contributed by atoms with Crippen LogP contribution in [0.2, 0.25) is 0 Å². The van der Waals surface area contributed by atoms with Gasteiger partial charge in [0.2, 0.25) is 0 Å². The fourth-order valence-electron chi connectivity index (χ4n) is 3.88. The van der Waals surface area contributed by atoms with Crippen LogP contribution in [0, 0.1) is 11.6 Å². The summed E-state index contributed by atoms with van der Waals surface area (Å²) in [6.07, 6.45) is 2.62. The first-order valence-electron chi connectivity index (χ1n) is 11.5. The molecular formula is C27H28F2N2O3. The molecule has 0 atom stereocenters. The van der Waals surface area contributed by atoms with Crippen molar-refractivity contribution in [2.24, 2.45) is 0 Å². The van der Waals surface area contributed by atoms with Crippen molar-refractivity contribution in [2.45, 2.75) is 19.3 Å². The molecule has 2 aromatic carbocycles. The summed E-state index contributed by atoms with van der Waals surface area (Å²) in [6, 6.07) is 14.5. The van der Waals surface area contributed by atoms with Gasteiger partial charge in [0.15, 0.2) is 0 Å². The lowest BCUT2D eigenvalue weighted by Crippen LogP contribution is -2.38. The van der Waals surface area contributed by atoms with Gasteiger partial charge in [-0.3, -0.25) is 14.7 Å². The van der Waals surface area contributed by atoms with E-state index in [0.717, 1.165) is 49.5 Å². The van der Waals surface area contributed by atoms with E-state index in [9.17, 15) is 13.6 Å². The zero-order valence-electron chi connectivity index (χ0n) is 19.0. The Hall–Kier alpha value is -3.16. The molecule has 0 N–H and O–H groups in total. The molecule has 0 bridgehead atoms. The van der Waals surface area contributed by atoms with Crippen molar-refractivity contribution in [1.82, 2.24) is 9.88 Å². The Bertz CT molecular complexity index is 1080. The lowest BCUT2D eigenvalue weighted by molar-refractivity contribution is -0.118. The maximum absolute atomic E-state index is 14.1. The molecule has 1 fully saturated rings. The number of Topliss-reactive ketones (excluding diaryl/α,β-unsaturated/α-hetero) is 1. The molecule has 0 spiro atoms. The smallest absolute Gasteiger partial charge is 0.139 e. The van der Waals surface area contributed by atoms with Gasteiger partial charge < -0.3 is 9.47 Å². The summed E-state index contributed by atoms with van der Waals surface area (Å²) in [4.78, 5) is 19.1. The van der Waals surface area contributed by atoms with Crippen molar-refractivity contribution >= 4 is 5.78 Å². The van der Waals surface area contributed by atoms with Crippen molar-refractivity contribution in [3.05, 3.63) is 83.7 Å². The van der Waals surface area contributed by atoms with Crippen molar-refractivity contribution in [2.75, 3.05) is 39.5 Å². The maximum atomic E-state index is 14.1. The number of aromatic nitrogens is 1. The van der Waals surface area contributed by atoms with Crippen LogP contribution in [-0.2, 0) is 22.4 Å². The Kier molecular flexibility index (Phi) is 8.33. The van der Waals surface area contributed by atoms with Gasteiger partial charge in [-0.05, 0) is 47.9 Å². The first-order valence-corrected chi connectivity index (χ1v) is 11.5. The molecule has 178 valence electrons. The van der Waals surface area contributed by atoms with Crippen LogP contribution in [0.25, 0.3) is 11.1 Å². The molecule has 2 heterocycles. The van der Waals surface area contributed by atoms with Gasteiger partial charge >= 0.3 is 0 Å². The van der Waals surface area contributed by atoms with Gasteiger partial charge in [-0.2, -0.15) is 0 Å². The molecule has 4 rings (SSSR count). The number of rotatable bonds is 10. The molecule has 1 aliphatic rings.